The molecule has 134 valence electrons. The van der Waals surface area contributed by atoms with Crippen molar-refractivity contribution in [3.05, 3.63) is 41.1 Å². The number of amides is 2. The number of nitrogens with two attached hydrogens (primary N) is 2. The van der Waals surface area contributed by atoms with Crippen LogP contribution in [0.4, 0.5) is 11.4 Å². The molecule has 1 aromatic heterocycles. The van der Waals surface area contributed by atoms with Gasteiger partial charge in [0.1, 0.15) is 23.1 Å². The molecule has 26 heavy (non-hydrogen) atoms. The summed E-state index contributed by atoms with van der Waals surface area (Å²) in [4.78, 5) is 27.9. The molecule has 0 fully saturated rings. The Morgan fingerprint density at radius 3 is 2.65 bits per heavy atom. The van der Waals surface area contributed by atoms with E-state index in [2.05, 4.69) is 10.3 Å². The van der Waals surface area contributed by atoms with Crippen LogP contribution < -0.4 is 26.3 Å². The smallest absolute Gasteiger partial charge is 0.274 e. The highest BCUT2D eigenvalue weighted by Gasteiger charge is 2.18. The number of carbonyl (C=O) groups is 2. The van der Waals surface area contributed by atoms with Crippen molar-refractivity contribution in [3.8, 4) is 17.7 Å². The number of aromatic nitrogens is 1. The molecule has 0 spiro atoms. The third kappa shape index (κ3) is 3.81. The Kier molecular flexibility index (Phi) is 5.60. The summed E-state index contributed by atoms with van der Waals surface area (Å²) in [6.45, 7) is 1.96. The van der Waals surface area contributed by atoms with E-state index in [-0.39, 0.29) is 40.7 Å². The number of hydrogen-bond donors (Lipinski definition) is 3. The predicted octanol–water partition coefficient (Wildman–Crippen LogP) is 1.29. The molecular formula is C17H17N5O4. The van der Waals surface area contributed by atoms with Crippen molar-refractivity contribution in [2.75, 3.05) is 24.8 Å². The molecule has 9 nitrogen and oxygen atoms in total. The molecular weight excluding hydrogens is 338 g/mol. The van der Waals surface area contributed by atoms with Crippen molar-refractivity contribution in [2.45, 2.75) is 6.92 Å². The minimum atomic E-state index is -0.650. The van der Waals surface area contributed by atoms with E-state index in [1.54, 1.807) is 6.92 Å². The molecule has 2 rings (SSSR count). The van der Waals surface area contributed by atoms with Gasteiger partial charge in [-0.3, -0.25) is 9.59 Å². The first-order valence-corrected chi connectivity index (χ1v) is 7.53. The quantitative estimate of drug-likeness (QED) is 0.705. The first kappa shape index (κ1) is 18.5. The highest BCUT2D eigenvalue weighted by molar-refractivity contribution is 6.05. The fourth-order valence-corrected chi connectivity index (χ4v) is 2.16. The minimum Gasteiger partial charge on any atom is -0.495 e. The van der Waals surface area contributed by atoms with Crippen LogP contribution in [-0.2, 0) is 0 Å². The van der Waals surface area contributed by atoms with E-state index >= 15 is 0 Å². The maximum absolute atomic E-state index is 12.5. The molecule has 9 heteroatoms. The number of rotatable bonds is 6. The van der Waals surface area contributed by atoms with Crippen LogP contribution in [0.2, 0.25) is 0 Å². The zero-order valence-corrected chi connectivity index (χ0v) is 14.2. The second-order valence-electron chi connectivity index (χ2n) is 5.06. The lowest BCUT2D eigenvalue weighted by Crippen LogP contribution is -2.17. The topological polar surface area (TPSA) is 153 Å². The number of nitrogens with zero attached hydrogens (tertiary/aromatic N) is 2. The molecule has 2 aromatic rings. The Morgan fingerprint density at radius 1 is 1.35 bits per heavy atom. The maximum Gasteiger partial charge on any atom is 0.274 e. The van der Waals surface area contributed by atoms with E-state index in [4.69, 9.17) is 26.2 Å². The molecule has 1 heterocycles. The van der Waals surface area contributed by atoms with Crippen LogP contribution in [0.15, 0.2) is 24.3 Å². The number of carbonyl (C=O) groups excluding carboxylic acids is 2. The summed E-state index contributed by atoms with van der Waals surface area (Å²) >= 11 is 0. The van der Waals surface area contributed by atoms with Gasteiger partial charge in [0, 0.05) is 5.56 Å². The zero-order valence-electron chi connectivity index (χ0n) is 14.2. The third-order valence-electron chi connectivity index (χ3n) is 3.37. The van der Waals surface area contributed by atoms with Crippen LogP contribution in [0.25, 0.3) is 0 Å². The maximum atomic E-state index is 12.5. The number of primary amides is 1. The number of ether oxygens (including phenoxy) is 2. The van der Waals surface area contributed by atoms with Crippen molar-refractivity contribution < 1.29 is 19.1 Å². The van der Waals surface area contributed by atoms with E-state index in [0.29, 0.717) is 5.75 Å². The van der Waals surface area contributed by atoms with Gasteiger partial charge in [0.15, 0.2) is 0 Å². The average molecular weight is 355 g/mol. The van der Waals surface area contributed by atoms with Crippen molar-refractivity contribution in [2.24, 2.45) is 5.73 Å². The number of benzene rings is 1. The monoisotopic (exact) mass is 355 g/mol. The third-order valence-corrected chi connectivity index (χ3v) is 3.37. The summed E-state index contributed by atoms with van der Waals surface area (Å²) in [5.74, 6) is -0.974. The van der Waals surface area contributed by atoms with Gasteiger partial charge in [-0.15, -0.1) is 0 Å². The Bertz CT molecular complexity index is 905. The molecule has 1 aromatic carbocycles. The highest BCUT2D eigenvalue weighted by Crippen LogP contribution is 2.27. The van der Waals surface area contributed by atoms with Gasteiger partial charge in [-0.25, -0.2) is 4.98 Å². The Balaban J connectivity index is 2.40. The zero-order chi connectivity index (χ0) is 19.3. The lowest BCUT2D eigenvalue weighted by atomic mass is 10.1. The number of anilines is 2. The van der Waals surface area contributed by atoms with Crippen LogP contribution in [0, 0.1) is 11.3 Å². The van der Waals surface area contributed by atoms with Gasteiger partial charge in [-0.05, 0) is 31.2 Å². The van der Waals surface area contributed by atoms with E-state index in [9.17, 15) is 9.59 Å². The number of pyridine rings is 1. The summed E-state index contributed by atoms with van der Waals surface area (Å²) in [5.41, 5.74) is 11.5. The molecule has 0 aliphatic carbocycles. The summed E-state index contributed by atoms with van der Waals surface area (Å²) < 4.78 is 10.4. The molecule has 0 saturated carbocycles. The molecule has 0 saturated heterocycles. The first-order valence-electron chi connectivity index (χ1n) is 7.53. The van der Waals surface area contributed by atoms with Gasteiger partial charge in [-0.2, -0.15) is 5.26 Å². The normalized spacial score (nSPS) is 9.88. The largest absolute Gasteiger partial charge is 0.495 e. The summed E-state index contributed by atoms with van der Waals surface area (Å²) in [6.07, 6.45) is 0. The van der Waals surface area contributed by atoms with E-state index in [1.807, 2.05) is 6.07 Å². The molecule has 0 aliphatic rings. The van der Waals surface area contributed by atoms with Crippen LogP contribution in [0.3, 0.4) is 0 Å². The fourth-order valence-electron chi connectivity index (χ4n) is 2.16. The molecule has 0 atom stereocenters. The van der Waals surface area contributed by atoms with Crippen molar-refractivity contribution in [1.29, 1.82) is 5.26 Å². The van der Waals surface area contributed by atoms with Gasteiger partial charge in [0.2, 0.25) is 11.8 Å². The molecule has 5 N–H and O–H groups in total. The van der Waals surface area contributed by atoms with Gasteiger partial charge < -0.3 is 26.3 Å². The van der Waals surface area contributed by atoms with Gasteiger partial charge in [0.25, 0.3) is 5.91 Å². The summed E-state index contributed by atoms with van der Waals surface area (Å²) in [5, 5.41) is 11.7. The Morgan fingerprint density at radius 2 is 2.08 bits per heavy atom. The van der Waals surface area contributed by atoms with Crippen molar-refractivity contribution in [3.63, 3.8) is 0 Å². The van der Waals surface area contributed by atoms with E-state index in [1.165, 1.54) is 31.4 Å². The lowest BCUT2D eigenvalue weighted by molar-refractivity contribution is 0.0995. The van der Waals surface area contributed by atoms with E-state index in [0.717, 1.165) is 0 Å². The van der Waals surface area contributed by atoms with Gasteiger partial charge in [-0.1, -0.05) is 0 Å². The summed E-state index contributed by atoms with van der Waals surface area (Å²) in [6, 6.07) is 7.51. The van der Waals surface area contributed by atoms with Crippen molar-refractivity contribution in [1.82, 2.24) is 4.98 Å². The first-order chi connectivity index (χ1) is 12.4. The Labute approximate surface area is 149 Å². The number of hydrogen-bond acceptors (Lipinski definition) is 7. The van der Waals surface area contributed by atoms with E-state index < -0.39 is 11.8 Å². The SMILES string of the molecule is CCOc1nc(C(=O)Nc2cc(C(N)=O)ccc2OC)cc(N)c1C#N. The average Bonchev–Trinajstić information content (AvgIpc) is 2.61. The molecule has 0 aliphatic heterocycles. The van der Waals surface area contributed by atoms with Crippen LogP contribution in [-0.4, -0.2) is 30.5 Å². The standard InChI is InChI=1S/C17H17N5O4/c1-3-26-17-10(8-18)11(19)7-13(22-17)16(24)21-12-6-9(15(20)23)4-5-14(12)25-2/h4-7H,3H2,1-2H3,(H2,19,22)(H2,20,23)(H,21,24). The number of nitrogens with one attached hydrogen (secondary N) is 1. The molecule has 0 bridgehead atoms. The lowest BCUT2D eigenvalue weighted by Gasteiger charge is -2.12. The predicted molar refractivity (Wildman–Crippen MR) is 94.0 cm³/mol. The Hall–Kier alpha value is -3.80. The second-order valence-corrected chi connectivity index (χ2v) is 5.06. The highest BCUT2D eigenvalue weighted by atomic mass is 16.5. The van der Waals surface area contributed by atoms with Crippen LogP contribution in [0.1, 0.15) is 33.3 Å². The number of nitriles is 1. The number of methoxy groups -OCH3 is 1. The van der Waals surface area contributed by atoms with Gasteiger partial charge in [0.05, 0.1) is 25.1 Å². The minimum absolute atomic E-state index is 0.0296. The molecule has 2 amide bonds. The summed E-state index contributed by atoms with van der Waals surface area (Å²) in [7, 11) is 1.42. The molecule has 0 radical (unpaired) electrons. The fraction of sp³-hybridized carbons (Fsp3) is 0.176. The molecule has 0 unspecified atom stereocenters. The van der Waals surface area contributed by atoms with Crippen LogP contribution in [0.5, 0.6) is 11.6 Å². The second kappa shape index (κ2) is 7.85. The van der Waals surface area contributed by atoms with Crippen LogP contribution >= 0.6 is 0 Å². The number of nitrogen functional groups attached to an aromatic ring is 1. The van der Waals surface area contributed by atoms with Gasteiger partial charge >= 0.3 is 0 Å². The van der Waals surface area contributed by atoms with Crippen molar-refractivity contribution >= 4 is 23.2 Å².